The van der Waals surface area contributed by atoms with Gasteiger partial charge in [-0.15, -0.1) is 0 Å². The van der Waals surface area contributed by atoms with E-state index in [1.165, 1.54) is 18.2 Å². The number of hydrogen-bond donors (Lipinski definition) is 3. The molecule has 3 N–H and O–H groups in total. The van der Waals surface area contributed by atoms with Crippen LogP contribution in [0.3, 0.4) is 0 Å². The number of hydrogen-bond acceptors (Lipinski definition) is 7. The van der Waals surface area contributed by atoms with Gasteiger partial charge in [0.05, 0.1) is 19.3 Å². The molecule has 154 valence electrons. The fourth-order valence-corrected chi connectivity index (χ4v) is 5.00. The van der Waals surface area contributed by atoms with Crippen molar-refractivity contribution in [3.05, 3.63) is 48.0 Å². The minimum atomic E-state index is -3.77. The van der Waals surface area contributed by atoms with E-state index in [4.69, 9.17) is 13.8 Å². The maximum Gasteiger partial charge on any atom is 0.357 e. The van der Waals surface area contributed by atoms with Crippen LogP contribution < -0.4 is 10.1 Å². The predicted molar refractivity (Wildman–Crippen MR) is 109 cm³/mol. The minimum absolute atomic E-state index is 0.103. The fraction of sp³-hybridized carbons (Fsp3) is 0.400. The molecule has 1 atom stereocenters. The lowest BCUT2D eigenvalue weighted by molar-refractivity contribution is 0.137. The van der Waals surface area contributed by atoms with E-state index >= 15 is 0 Å². The summed E-state index contributed by atoms with van der Waals surface area (Å²) in [6.45, 7) is 7.05. The predicted octanol–water partition coefficient (Wildman–Crippen LogP) is 5.26. The smallest absolute Gasteiger partial charge is 0.357 e. The van der Waals surface area contributed by atoms with E-state index in [9.17, 15) is 14.8 Å². The third-order valence-corrected chi connectivity index (χ3v) is 6.20. The maximum absolute atomic E-state index is 13.8. The molecular formula is C20H28NO6P. The van der Waals surface area contributed by atoms with Crippen LogP contribution in [-0.2, 0) is 13.6 Å². The van der Waals surface area contributed by atoms with E-state index in [2.05, 4.69) is 5.32 Å². The average molecular weight is 409 g/mol. The van der Waals surface area contributed by atoms with E-state index in [-0.39, 0.29) is 23.7 Å². The molecule has 0 heterocycles. The van der Waals surface area contributed by atoms with Crippen molar-refractivity contribution in [3.8, 4) is 17.2 Å². The molecule has 0 spiro atoms. The number of nitrogens with one attached hydrogen (secondary N) is 1. The topological polar surface area (TPSA) is 97.2 Å². The first-order valence-electron chi connectivity index (χ1n) is 9.03. The molecule has 0 radical (unpaired) electrons. The second-order valence-corrected chi connectivity index (χ2v) is 8.88. The first-order chi connectivity index (χ1) is 13.1. The first kappa shape index (κ1) is 22.1. The van der Waals surface area contributed by atoms with Gasteiger partial charge < -0.3 is 29.3 Å². The number of rotatable bonds is 9. The summed E-state index contributed by atoms with van der Waals surface area (Å²) in [6.07, 6.45) is -0.743. The molecule has 28 heavy (non-hydrogen) atoms. The molecule has 2 aromatic rings. The normalized spacial score (nSPS) is 13.0. The van der Waals surface area contributed by atoms with Gasteiger partial charge in [-0.05, 0) is 64.1 Å². The number of aromatic hydroxyl groups is 2. The molecular weight excluding hydrogens is 381 g/mol. The summed E-state index contributed by atoms with van der Waals surface area (Å²) < 4.78 is 30.4. The van der Waals surface area contributed by atoms with Crippen LogP contribution in [0.5, 0.6) is 17.2 Å². The summed E-state index contributed by atoms with van der Waals surface area (Å²) in [4.78, 5) is 0. The highest BCUT2D eigenvalue weighted by atomic mass is 31.2. The van der Waals surface area contributed by atoms with Gasteiger partial charge in [-0.2, -0.15) is 0 Å². The summed E-state index contributed by atoms with van der Waals surface area (Å²) in [5.74, 6) is -0.638. The lowest BCUT2D eigenvalue weighted by Crippen LogP contribution is -2.19. The number of ether oxygens (including phenoxy) is 1. The van der Waals surface area contributed by atoms with E-state index in [0.29, 0.717) is 17.0 Å². The zero-order valence-corrected chi connectivity index (χ0v) is 17.6. The zero-order chi connectivity index (χ0) is 20.9. The number of phenols is 2. The fourth-order valence-electron chi connectivity index (χ4n) is 2.67. The van der Waals surface area contributed by atoms with Crippen molar-refractivity contribution in [2.45, 2.75) is 45.7 Å². The highest BCUT2D eigenvalue weighted by molar-refractivity contribution is 7.54. The molecule has 0 aliphatic rings. The number of benzene rings is 2. The Morgan fingerprint density at radius 2 is 1.50 bits per heavy atom. The molecule has 1 unspecified atom stereocenters. The van der Waals surface area contributed by atoms with Gasteiger partial charge in [-0.1, -0.05) is 0 Å². The van der Waals surface area contributed by atoms with Crippen LogP contribution in [0, 0.1) is 0 Å². The summed E-state index contributed by atoms with van der Waals surface area (Å²) in [5, 5.41) is 23.2. The van der Waals surface area contributed by atoms with Crippen molar-refractivity contribution in [1.82, 2.24) is 0 Å². The standard InChI is InChI=1S/C20H28NO6P/c1-13(2)26-28(24,27-14(3)4)20(18-11-8-16(22)12-19(18)23)21-15-6-9-17(25-5)10-7-15/h6-14,20-23H,1-5H3. The number of anilines is 1. The van der Waals surface area contributed by atoms with Gasteiger partial charge in [-0.25, -0.2) is 0 Å². The van der Waals surface area contributed by atoms with Gasteiger partial charge in [0.15, 0.2) is 5.78 Å². The monoisotopic (exact) mass is 409 g/mol. The lowest BCUT2D eigenvalue weighted by atomic mass is 10.2. The molecule has 0 bridgehead atoms. The van der Waals surface area contributed by atoms with Gasteiger partial charge >= 0.3 is 7.60 Å². The van der Waals surface area contributed by atoms with Crippen molar-refractivity contribution < 1.29 is 28.6 Å². The number of methoxy groups -OCH3 is 1. The van der Waals surface area contributed by atoms with E-state index < -0.39 is 13.4 Å². The van der Waals surface area contributed by atoms with Crippen LogP contribution in [0.25, 0.3) is 0 Å². The second-order valence-electron chi connectivity index (χ2n) is 6.87. The van der Waals surface area contributed by atoms with Gasteiger partial charge in [0, 0.05) is 17.3 Å². The lowest BCUT2D eigenvalue weighted by Gasteiger charge is -2.31. The molecule has 2 rings (SSSR count). The van der Waals surface area contributed by atoms with Gasteiger partial charge in [-0.3, -0.25) is 4.57 Å². The summed E-state index contributed by atoms with van der Waals surface area (Å²) in [6, 6.07) is 11.1. The Kier molecular flexibility index (Phi) is 7.35. The molecule has 0 saturated heterocycles. The second kappa shape index (κ2) is 9.32. The highest BCUT2D eigenvalue weighted by Crippen LogP contribution is 2.63. The van der Waals surface area contributed by atoms with Crippen LogP contribution in [-0.4, -0.2) is 29.5 Å². The van der Waals surface area contributed by atoms with Crippen molar-refractivity contribution in [2.24, 2.45) is 0 Å². The van der Waals surface area contributed by atoms with Crippen LogP contribution in [0.15, 0.2) is 42.5 Å². The zero-order valence-electron chi connectivity index (χ0n) is 16.7. The SMILES string of the molecule is COc1ccc(NC(c2ccc(O)cc2O)P(=O)(OC(C)C)OC(C)C)cc1. The first-order valence-corrected chi connectivity index (χ1v) is 10.6. The molecule has 7 nitrogen and oxygen atoms in total. The highest BCUT2D eigenvalue weighted by Gasteiger charge is 2.41. The van der Waals surface area contributed by atoms with Crippen molar-refractivity contribution in [1.29, 1.82) is 0 Å². The molecule has 0 aromatic heterocycles. The Bertz CT molecular complexity index is 808. The minimum Gasteiger partial charge on any atom is -0.508 e. The molecule has 0 saturated carbocycles. The largest absolute Gasteiger partial charge is 0.508 e. The quantitative estimate of drug-likeness (QED) is 0.486. The van der Waals surface area contributed by atoms with E-state index in [1.54, 1.807) is 59.1 Å². The molecule has 0 aliphatic carbocycles. The van der Waals surface area contributed by atoms with Crippen LogP contribution in [0.1, 0.15) is 39.0 Å². The van der Waals surface area contributed by atoms with Gasteiger partial charge in [0.1, 0.15) is 17.2 Å². The maximum atomic E-state index is 13.8. The molecule has 0 amide bonds. The Balaban J connectivity index is 2.53. The van der Waals surface area contributed by atoms with E-state index in [1.807, 2.05) is 0 Å². The third-order valence-electron chi connectivity index (χ3n) is 3.73. The molecule has 0 fully saturated rings. The average Bonchev–Trinajstić information content (AvgIpc) is 2.59. The van der Waals surface area contributed by atoms with Crippen molar-refractivity contribution in [2.75, 3.05) is 12.4 Å². The Morgan fingerprint density at radius 3 is 1.96 bits per heavy atom. The van der Waals surface area contributed by atoms with Gasteiger partial charge in [0.25, 0.3) is 0 Å². The third kappa shape index (κ3) is 5.64. The van der Waals surface area contributed by atoms with Crippen LogP contribution in [0.2, 0.25) is 0 Å². The summed E-state index contributed by atoms with van der Waals surface area (Å²) >= 11 is 0. The van der Waals surface area contributed by atoms with Crippen LogP contribution in [0.4, 0.5) is 5.69 Å². The summed E-state index contributed by atoms with van der Waals surface area (Å²) in [5.41, 5.74) is 0.927. The van der Waals surface area contributed by atoms with Crippen molar-refractivity contribution in [3.63, 3.8) is 0 Å². The Labute approximate surface area is 165 Å². The Hall–Kier alpha value is -2.21. The summed E-state index contributed by atoms with van der Waals surface area (Å²) in [7, 11) is -2.20. The van der Waals surface area contributed by atoms with Crippen molar-refractivity contribution >= 4 is 13.3 Å². The molecule has 0 aliphatic heterocycles. The molecule has 2 aromatic carbocycles. The Morgan fingerprint density at radius 1 is 0.929 bits per heavy atom. The number of phenolic OH excluding ortho intramolecular Hbond substituents is 2. The van der Waals surface area contributed by atoms with Crippen LogP contribution >= 0.6 is 7.60 Å². The molecule has 8 heteroatoms. The van der Waals surface area contributed by atoms with Gasteiger partial charge in [0.2, 0.25) is 0 Å². The van der Waals surface area contributed by atoms with E-state index in [0.717, 1.165) is 0 Å².